The van der Waals surface area contributed by atoms with Gasteiger partial charge in [0.1, 0.15) is 11.5 Å². The van der Waals surface area contributed by atoms with Gasteiger partial charge in [-0.3, -0.25) is 14.3 Å². The second-order valence-electron chi connectivity index (χ2n) is 8.36. The number of benzene rings is 3. The number of thioether (sulfide) groups is 1. The summed E-state index contributed by atoms with van der Waals surface area (Å²) in [5.74, 6) is 1.99. The molecule has 0 bridgehead atoms. The molecule has 0 spiro atoms. The zero-order chi connectivity index (χ0) is 25.6. The summed E-state index contributed by atoms with van der Waals surface area (Å²) >= 11 is 1.35. The van der Waals surface area contributed by atoms with Crippen molar-refractivity contribution in [2.24, 2.45) is 0 Å². The van der Waals surface area contributed by atoms with Gasteiger partial charge in [0.25, 0.3) is 0 Å². The van der Waals surface area contributed by atoms with Crippen molar-refractivity contribution in [1.29, 1.82) is 0 Å². The second kappa shape index (κ2) is 11.1. The highest BCUT2D eigenvalue weighted by Crippen LogP contribution is 2.31. The lowest BCUT2D eigenvalue weighted by Gasteiger charge is -2.15. The van der Waals surface area contributed by atoms with Crippen molar-refractivity contribution in [2.45, 2.75) is 24.3 Å². The van der Waals surface area contributed by atoms with E-state index in [2.05, 4.69) is 20.5 Å². The highest BCUT2D eigenvalue weighted by atomic mass is 32.2. The molecule has 0 saturated carbocycles. The van der Waals surface area contributed by atoms with Crippen molar-refractivity contribution in [3.63, 3.8) is 0 Å². The summed E-state index contributed by atoms with van der Waals surface area (Å²) in [6.07, 6.45) is 3.48. The van der Waals surface area contributed by atoms with Crippen LogP contribution in [0.25, 0.3) is 17.1 Å². The van der Waals surface area contributed by atoms with Crippen molar-refractivity contribution in [1.82, 2.24) is 19.7 Å². The minimum absolute atomic E-state index is 0.135. The molecule has 1 atom stereocenters. The summed E-state index contributed by atoms with van der Waals surface area (Å²) in [7, 11) is 0. The Hall–Kier alpha value is -4.43. The topological polar surface area (TPSA) is 81.9 Å². The Morgan fingerprint density at radius 2 is 1.62 bits per heavy atom. The fraction of sp³-hybridized carbons (Fsp3) is 0.103. The smallest absolute Gasteiger partial charge is 0.237 e. The molecule has 5 aromatic rings. The number of anilines is 1. The number of hydrogen-bond acceptors (Lipinski definition) is 6. The van der Waals surface area contributed by atoms with Crippen LogP contribution in [0.2, 0.25) is 0 Å². The Kier molecular flexibility index (Phi) is 7.28. The van der Waals surface area contributed by atoms with Crippen LogP contribution in [0.3, 0.4) is 0 Å². The minimum atomic E-state index is -0.422. The molecule has 2 heterocycles. The van der Waals surface area contributed by atoms with Crippen molar-refractivity contribution in [3.05, 3.63) is 109 Å². The van der Waals surface area contributed by atoms with Gasteiger partial charge in [0.2, 0.25) is 5.91 Å². The lowest BCUT2D eigenvalue weighted by molar-refractivity contribution is -0.115. The largest absolute Gasteiger partial charge is 0.457 e. The monoisotopic (exact) mass is 507 g/mol. The Bertz CT molecular complexity index is 1490. The van der Waals surface area contributed by atoms with E-state index in [1.54, 1.807) is 12.4 Å². The van der Waals surface area contributed by atoms with Crippen LogP contribution in [0.4, 0.5) is 5.69 Å². The Morgan fingerprint density at radius 3 is 2.35 bits per heavy atom. The van der Waals surface area contributed by atoms with Crippen molar-refractivity contribution < 1.29 is 9.53 Å². The van der Waals surface area contributed by atoms with E-state index < -0.39 is 5.25 Å². The summed E-state index contributed by atoms with van der Waals surface area (Å²) in [6.45, 7) is 3.89. The number of nitrogens with one attached hydrogen (secondary N) is 1. The van der Waals surface area contributed by atoms with E-state index in [9.17, 15) is 4.79 Å². The maximum atomic E-state index is 13.1. The first-order valence-electron chi connectivity index (χ1n) is 11.8. The third-order valence-corrected chi connectivity index (χ3v) is 6.70. The number of hydrogen-bond donors (Lipinski definition) is 1. The number of carbonyl (C=O) groups excluding carboxylic acids is 1. The highest BCUT2D eigenvalue weighted by molar-refractivity contribution is 8.00. The number of para-hydroxylation sites is 2. The molecule has 8 heteroatoms. The lowest BCUT2D eigenvalue weighted by Crippen LogP contribution is -2.22. The summed E-state index contributed by atoms with van der Waals surface area (Å²) < 4.78 is 7.81. The molecule has 184 valence electrons. The molecule has 2 aromatic heterocycles. The third kappa shape index (κ3) is 5.70. The molecule has 7 nitrogen and oxygen atoms in total. The van der Waals surface area contributed by atoms with Gasteiger partial charge in [0.05, 0.1) is 10.9 Å². The highest BCUT2D eigenvalue weighted by Gasteiger charge is 2.22. The van der Waals surface area contributed by atoms with Gasteiger partial charge in [-0.2, -0.15) is 0 Å². The Morgan fingerprint density at radius 1 is 0.892 bits per heavy atom. The molecule has 1 amide bonds. The van der Waals surface area contributed by atoms with Gasteiger partial charge in [-0.1, -0.05) is 48.2 Å². The number of rotatable bonds is 8. The fourth-order valence-corrected chi connectivity index (χ4v) is 4.61. The summed E-state index contributed by atoms with van der Waals surface area (Å²) in [4.78, 5) is 17.3. The van der Waals surface area contributed by atoms with Gasteiger partial charge in [-0.05, 0) is 74.0 Å². The van der Waals surface area contributed by atoms with Crippen LogP contribution in [0.5, 0.6) is 11.5 Å². The Labute approximate surface area is 219 Å². The van der Waals surface area contributed by atoms with Crippen LogP contribution in [0, 0.1) is 6.92 Å². The van der Waals surface area contributed by atoms with Gasteiger partial charge >= 0.3 is 0 Å². The van der Waals surface area contributed by atoms with Gasteiger partial charge in [-0.15, -0.1) is 10.2 Å². The predicted octanol–water partition coefficient (Wildman–Crippen LogP) is 6.55. The molecule has 1 unspecified atom stereocenters. The molecule has 3 aromatic carbocycles. The number of ether oxygens (including phenoxy) is 1. The van der Waals surface area contributed by atoms with E-state index in [1.807, 2.05) is 109 Å². The first-order chi connectivity index (χ1) is 18.1. The SMILES string of the molecule is Cc1ccccc1-n1c(SC(C)C(=O)Nc2ccc(Oc3ccccc3)cc2)nnc1-c1cccnc1. The number of aryl methyl sites for hydroxylation is 1. The zero-order valence-electron chi connectivity index (χ0n) is 20.4. The number of amides is 1. The normalized spacial score (nSPS) is 11.6. The van der Waals surface area contributed by atoms with Gasteiger partial charge in [0, 0.05) is 23.6 Å². The molecule has 37 heavy (non-hydrogen) atoms. The molecule has 0 aliphatic carbocycles. The van der Waals surface area contributed by atoms with E-state index in [1.165, 1.54) is 11.8 Å². The van der Waals surface area contributed by atoms with Crippen LogP contribution in [-0.4, -0.2) is 30.9 Å². The molecular formula is C29H25N5O2S. The predicted molar refractivity (Wildman–Crippen MR) is 146 cm³/mol. The van der Waals surface area contributed by atoms with E-state index in [-0.39, 0.29) is 5.91 Å². The van der Waals surface area contributed by atoms with Gasteiger partial charge in [0.15, 0.2) is 11.0 Å². The van der Waals surface area contributed by atoms with Crippen LogP contribution >= 0.6 is 11.8 Å². The van der Waals surface area contributed by atoms with E-state index in [4.69, 9.17) is 4.74 Å². The summed E-state index contributed by atoms with van der Waals surface area (Å²) in [5, 5.41) is 12.1. The number of carbonyl (C=O) groups is 1. The Balaban J connectivity index is 1.33. The number of aromatic nitrogens is 4. The van der Waals surface area contributed by atoms with Crippen molar-refractivity contribution in [2.75, 3.05) is 5.32 Å². The van der Waals surface area contributed by atoms with E-state index in [0.29, 0.717) is 22.4 Å². The average Bonchev–Trinajstić information content (AvgIpc) is 3.34. The maximum absolute atomic E-state index is 13.1. The molecule has 0 saturated heterocycles. The maximum Gasteiger partial charge on any atom is 0.237 e. The first-order valence-corrected chi connectivity index (χ1v) is 12.7. The van der Waals surface area contributed by atoms with Crippen molar-refractivity contribution in [3.8, 4) is 28.6 Å². The van der Waals surface area contributed by atoms with Crippen LogP contribution < -0.4 is 10.1 Å². The summed E-state index contributed by atoms with van der Waals surface area (Å²) in [6, 6.07) is 28.7. The fourth-order valence-electron chi connectivity index (χ4n) is 3.75. The molecule has 0 aliphatic heterocycles. The van der Waals surface area contributed by atoms with Crippen molar-refractivity contribution >= 4 is 23.4 Å². The third-order valence-electron chi connectivity index (χ3n) is 5.66. The van der Waals surface area contributed by atoms with Crippen LogP contribution in [-0.2, 0) is 4.79 Å². The molecular weight excluding hydrogens is 482 g/mol. The molecule has 0 fully saturated rings. The summed E-state index contributed by atoms with van der Waals surface area (Å²) in [5.41, 5.74) is 3.56. The second-order valence-corrected chi connectivity index (χ2v) is 9.67. The van der Waals surface area contributed by atoms with Crippen LogP contribution in [0.15, 0.2) is 109 Å². The minimum Gasteiger partial charge on any atom is -0.457 e. The molecule has 1 N–H and O–H groups in total. The molecule has 0 aliphatic rings. The van der Waals surface area contributed by atoms with Gasteiger partial charge < -0.3 is 10.1 Å². The van der Waals surface area contributed by atoms with E-state index in [0.717, 1.165) is 22.6 Å². The zero-order valence-corrected chi connectivity index (χ0v) is 21.2. The number of nitrogens with zero attached hydrogens (tertiary/aromatic N) is 4. The molecule has 5 rings (SSSR count). The number of pyridine rings is 1. The molecule has 0 radical (unpaired) electrons. The lowest BCUT2D eigenvalue weighted by atomic mass is 10.2. The first kappa shape index (κ1) is 24.3. The van der Waals surface area contributed by atoms with Gasteiger partial charge in [-0.25, -0.2) is 0 Å². The average molecular weight is 508 g/mol. The standard InChI is InChI=1S/C29H25N5O2S/c1-20-9-6-7-13-26(20)34-27(22-10-8-18-30-19-22)32-33-29(34)37-21(2)28(35)31-23-14-16-25(17-15-23)36-24-11-4-3-5-12-24/h3-19,21H,1-2H3,(H,31,35). The quantitative estimate of drug-likeness (QED) is 0.240. The van der Waals surface area contributed by atoms with E-state index >= 15 is 0 Å². The van der Waals surface area contributed by atoms with Crippen LogP contribution in [0.1, 0.15) is 12.5 Å².